The van der Waals surface area contributed by atoms with Crippen molar-refractivity contribution in [1.82, 2.24) is 4.90 Å². The maximum atomic E-state index is 13.0. The average Bonchev–Trinajstić information content (AvgIpc) is 3.19. The highest BCUT2D eigenvalue weighted by atomic mass is 35.5. The van der Waals surface area contributed by atoms with Gasteiger partial charge in [0.1, 0.15) is 0 Å². The Balaban J connectivity index is 1.62. The smallest absolute Gasteiger partial charge is 0.255 e. The maximum Gasteiger partial charge on any atom is 0.255 e. The Morgan fingerprint density at radius 2 is 1.96 bits per heavy atom. The van der Waals surface area contributed by atoms with Gasteiger partial charge in [-0.1, -0.05) is 54.1 Å². The number of halogens is 1. The number of likely N-dealkylation sites (tertiary alicyclic amines) is 1. The number of amides is 1. The van der Waals surface area contributed by atoms with Crippen molar-refractivity contribution in [3.63, 3.8) is 0 Å². The summed E-state index contributed by atoms with van der Waals surface area (Å²) in [6.07, 6.45) is -0.655. The number of nitrogens with zero attached hydrogens (tertiary/aromatic N) is 1. The topological polar surface area (TPSA) is 60.8 Å². The second-order valence-corrected chi connectivity index (χ2v) is 7.81. The van der Waals surface area contributed by atoms with Crippen LogP contribution in [0.3, 0.4) is 0 Å². The molecule has 4 rings (SSSR count). The molecule has 1 aliphatic carbocycles. The van der Waals surface area contributed by atoms with Crippen LogP contribution in [0.2, 0.25) is 5.02 Å². The molecule has 0 bridgehead atoms. The summed E-state index contributed by atoms with van der Waals surface area (Å²) < 4.78 is 0. The summed E-state index contributed by atoms with van der Waals surface area (Å²) >= 11 is 6.32. The molecule has 2 N–H and O–H groups in total. The fourth-order valence-corrected chi connectivity index (χ4v) is 4.91. The van der Waals surface area contributed by atoms with E-state index in [4.69, 9.17) is 11.6 Å². The minimum absolute atomic E-state index is 0.00382. The zero-order valence-electron chi connectivity index (χ0n) is 14.6. The fraction of sp³-hybridized carbons (Fsp3) is 0.381. The molecule has 4 atom stereocenters. The van der Waals surface area contributed by atoms with Crippen LogP contribution in [-0.2, 0) is 0 Å². The van der Waals surface area contributed by atoms with Crippen LogP contribution in [0.25, 0.3) is 0 Å². The average molecular weight is 372 g/mol. The Morgan fingerprint density at radius 1 is 1.23 bits per heavy atom. The lowest BCUT2D eigenvalue weighted by molar-refractivity contribution is 0.0764. The summed E-state index contributed by atoms with van der Waals surface area (Å²) in [7, 11) is 0. The van der Waals surface area contributed by atoms with Gasteiger partial charge < -0.3 is 15.1 Å². The van der Waals surface area contributed by atoms with Gasteiger partial charge in [0.15, 0.2) is 0 Å². The number of rotatable bonds is 3. The number of benzene rings is 2. The monoisotopic (exact) mass is 371 g/mol. The van der Waals surface area contributed by atoms with Gasteiger partial charge in [-0.25, -0.2) is 0 Å². The number of hydrogen-bond donors (Lipinski definition) is 2. The molecule has 136 valence electrons. The number of aliphatic hydroxyl groups excluding tert-OH is 2. The molecule has 1 aliphatic heterocycles. The van der Waals surface area contributed by atoms with Crippen molar-refractivity contribution in [2.45, 2.75) is 18.9 Å². The molecule has 0 aromatic heterocycles. The summed E-state index contributed by atoms with van der Waals surface area (Å²) in [6.45, 7) is 2.57. The normalized spacial score (nSPS) is 30.0. The van der Waals surface area contributed by atoms with Crippen LogP contribution in [0.5, 0.6) is 0 Å². The van der Waals surface area contributed by atoms with Crippen molar-refractivity contribution in [2.75, 3.05) is 19.7 Å². The lowest BCUT2D eigenvalue weighted by Gasteiger charge is -2.18. The van der Waals surface area contributed by atoms with Crippen LogP contribution < -0.4 is 0 Å². The van der Waals surface area contributed by atoms with Crippen molar-refractivity contribution in [2.24, 2.45) is 11.3 Å². The highest BCUT2D eigenvalue weighted by molar-refractivity contribution is 6.34. The van der Waals surface area contributed by atoms with Crippen LogP contribution in [0.15, 0.2) is 48.5 Å². The molecule has 2 aromatic rings. The van der Waals surface area contributed by atoms with Crippen molar-refractivity contribution < 1.29 is 15.0 Å². The number of carbonyl (C=O) groups excluding carboxylic acids is 1. The largest absolute Gasteiger partial charge is 0.396 e. The van der Waals surface area contributed by atoms with E-state index >= 15 is 0 Å². The van der Waals surface area contributed by atoms with Gasteiger partial charge in [-0.2, -0.15) is 0 Å². The summed E-state index contributed by atoms with van der Waals surface area (Å²) in [5.74, 6) is -0.134. The van der Waals surface area contributed by atoms with E-state index in [0.717, 1.165) is 11.1 Å². The molecule has 2 aliphatic rings. The van der Waals surface area contributed by atoms with Crippen LogP contribution >= 0.6 is 11.6 Å². The van der Waals surface area contributed by atoms with Gasteiger partial charge in [-0.05, 0) is 36.0 Å². The van der Waals surface area contributed by atoms with Crippen molar-refractivity contribution >= 4 is 17.5 Å². The molecular formula is C21H22ClNO3. The summed E-state index contributed by atoms with van der Waals surface area (Å²) in [5, 5.41) is 21.1. The maximum absolute atomic E-state index is 13.0. The molecule has 1 saturated heterocycles. The Kier molecular flexibility index (Phi) is 4.30. The van der Waals surface area contributed by atoms with Crippen LogP contribution in [-0.4, -0.2) is 46.8 Å². The molecule has 2 aromatic carbocycles. The van der Waals surface area contributed by atoms with E-state index in [1.807, 2.05) is 49.4 Å². The summed E-state index contributed by atoms with van der Waals surface area (Å²) in [6, 6.07) is 15.3. The first-order chi connectivity index (χ1) is 12.5. The van der Waals surface area contributed by atoms with Gasteiger partial charge in [0, 0.05) is 25.1 Å². The van der Waals surface area contributed by atoms with Crippen molar-refractivity contribution in [3.8, 4) is 0 Å². The third-order valence-electron chi connectivity index (χ3n) is 6.11. The molecule has 0 unspecified atom stereocenters. The van der Waals surface area contributed by atoms with E-state index in [1.165, 1.54) is 0 Å². The van der Waals surface area contributed by atoms with Crippen molar-refractivity contribution in [3.05, 3.63) is 70.2 Å². The van der Waals surface area contributed by atoms with E-state index < -0.39 is 11.5 Å². The molecule has 4 nitrogen and oxygen atoms in total. The number of aliphatic hydroxyl groups is 2. The molecule has 1 spiro atoms. The Labute approximate surface area is 158 Å². The highest BCUT2D eigenvalue weighted by Gasteiger charge is 2.71. The Hall–Kier alpha value is -1.88. The predicted molar refractivity (Wildman–Crippen MR) is 100 cm³/mol. The van der Waals surface area contributed by atoms with Gasteiger partial charge in [-0.15, -0.1) is 0 Å². The van der Waals surface area contributed by atoms with E-state index in [2.05, 4.69) is 0 Å². The minimum Gasteiger partial charge on any atom is -0.396 e. The quantitative estimate of drug-likeness (QED) is 0.872. The second-order valence-electron chi connectivity index (χ2n) is 7.43. The molecule has 0 radical (unpaired) electrons. The lowest BCUT2D eigenvalue weighted by atomic mass is 9.95. The Bertz CT molecular complexity index is 840. The van der Waals surface area contributed by atoms with E-state index in [0.29, 0.717) is 17.1 Å². The molecule has 1 saturated carbocycles. The highest BCUT2D eigenvalue weighted by Crippen LogP contribution is 2.68. The molecule has 5 heteroatoms. The lowest BCUT2D eigenvalue weighted by Crippen LogP contribution is -2.30. The Morgan fingerprint density at radius 3 is 2.65 bits per heavy atom. The predicted octanol–water partition coefficient (Wildman–Crippen LogP) is 2.86. The SMILES string of the molecule is Cc1cccc(C(=O)N2C[C@@H](O)[C@@]3(C2)[C@H](CO)[C@H]3c2ccccc2)c1Cl. The third-order valence-corrected chi connectivity index (χ3v) is 6.61. The number of carbonyl (C=O) groups is 1. The van der Waals surface area contributed by atoms with Gasteiger partial charge in [0.25, 0.3) is 5.91 Å². The first-order valence-corrected chi connectivity index (χ1v) is 9.26. The molecular weight excluding hydrogens is 350 g/mol. The van der Waals surface area contributed by atoms with Gasteiger partial charge >= 0.3 is 0 Å². The number of β-amino-alcohol motifs (C(OH)–C–C–N with tert-alkyl or cyclic N) is 1. The molecule has 1 heterocycles. The zero-order valence-corrected chi connectivity index (χ0v) is 15.4. The van der Waals surface area contributed by atoms with E-state index in [-0.39, 0.29) is 30.9 Å². The standard InChI is InChI=1S/C21H22ClNO3/c1-13-6-5-9-15(19(13)22)20(26)23-10-17(25)21(12-23)16(11-24)18(21)14-7-3-2-4-8-14/h2-9,16-18,24-25H,10-12H2,1H3/t16-,17-,18-,21-/m1/s1. The van der Waals surface area contributed by atoms with Crippen LogP contribution in [0.1, 0.15) is 27.4 Å². The fourth-order valence-electron chi connectivity index (χ4n) is 4.71. The van der Waals surface area contributed by atoms with Gasteiger partial charge in [-0.3, -0.25) is 4.79 Å². The third kappa shape index (κ3) is 2.48. The second kappa shape index (κ2) is 6.38. The van der Waals surface area contributed by atoms with E-state index in [9.17, 15) is 15.0 Å². The first-order valence-electron chi connectivity index (χ1n) is 8.89. The van der Waals surface area contributed by atoms with Gasteiger partial charge in [0.2, 0.25) is 0 Å². The number of aryl methyl sites for hydroxylation is 1. The van der Waals surface area contributed by atoms with Gasteiger partial charge in [0.05, 0.1) is 16.7 Å². The molecule has 26 heavy (non-hydrogen) atoms. The van der Waals surface area contributed by atoms with Crippen LogP contribution in [0.4, 0.5) is 0 Å². The summed E-state index contributed by atoms with van der Waals surface area (Å²) in [4.78, 5) is 14.7. The number of hydrogen-bond acceptors (Lipinski definition) is 3. The zero-order chi connectivity index (χ0) is 18.5. The first kappa shape index (κ1) is 17.5. The van der Waals surface area contributed by atoms with E-state index in [1.54, 1.807) is 11.0 Å². The van der Waals surface area contributed by atoms with Crippen molar-refractivity contribution in [1.29, 1.82) is 0 Å². The minimum atomic E-state index is -0.655. The van der Waals surface area contributed by atoms with Crippen LogP contribution in [0, 0.1) is 18.3 Å². The summed E-state index contributed by atoms with van der Waals surface area (Å²) in [5.41, 5.74) is 1.96. The molecule has 2 fully saturated rings. The molecule has 1 amide bonds.